The van der Waals surface area contributed by atoms with Crippen LogP contribution >= 0.6 is 15.9 Å². The monoisotopic (exact) mass is 375 g/mol. The molecule has 1 atom stereocenters. The first kappa shape index (κ1) is 17.3. The van der Waals surface area contributed by atoms with Gasteiger partial charge in [-0.1, -0.05) is 58.4 Å². The first-order chi connectivity index (χ1) is 10.8. The van der Waals surface area contributed by atoms with E-state index in [0.717, 1.165) is 10.0 Å². The summed E-state index contributed by atoms with van der Waals surface area (Å²) in [5.74, 6) is -0.597. The Balaban J connectivity index is 2.35. The Morgan fingerprint density at radius 2 is 1.83 bits per heavy atom. The quantitative estimate of drug-likeness (QED) is 0.411. The summed E-state index contributed by atoms with van der Waals surface area (Å²) in [6.45, 7) is 3.14. The third-order valence-corrected chi connectivity index (χ3v) is 4.55. The van der Waals surface area contributed by atoms with E-state index in [2.05, 4.69) is 15.9 Å². The highest BCUT2D eigenvalue weighted by Crippen LogP contribution is 2.34. The van der Waals surface area contributed by atoms with Crippen LogP contribution in [0.2, 0.25) is 0 Å². The first-order valence-electron chi connectivity index (χ1n) is 7.30. The minimum Gasteiger partial charge on any atom is -0.294 e. The molecule has 0 fully saturated rings. The molecule has 0 spiro atoms. The second kappa shape index (κ2) is 7.04. The molecule has 5 heteroatoms. The van der Waals surface area contributed by atoms with Crippen molar-refractivity contribution in [2.75, 3.05) is 0 Å². The van der Waals surface area contributed by atoms with Crippen molar-refractivity contribution in [3.8, 4) is 0 Å². The molecule has 2 aromatic carbocycles. The minimum atomic E-state index is -1.23. The lowest BCUT2D eigenvalue weighted by molar-refractivity contribution is -0.565. The van der Waals surface area contributed by atoms with Gasteiger partial charge in [0.2, 0.25) is 5.54 Å². The van der Waals surface area contributed by atoms with Crippen LogP contribution in [-0.4, -0.2) is 16.2 Å². The zero-order valence-corrected chi connectivity index (χ0v) is 14.6. The Hall–Kier alpha value is -2.01. The molecule has 0 aliphatic carbocycles. The van der Waals surface area contributed by atoms with E-state index in [1.54, 1.807) is 32.0 Å². The molecule has 0 aromatic heterocycles. The average molecular weight is 376 g/mol. The van der Waals surface area contributed by atoms with Gasteiger partial charge in [0.25, 0.3) is 0 Å². The average Bonchev–Trinajstić information content (AvgIpc) is 2.52. The number of nitrogens with zero attached hydrogens (tertiary/aromatic N) is 1. The van der Waals surface area contributed by atoms with Crippen LogP contribution in [0.3, 0.4) is 0 Å². The zero-order chi connectivity index (χ0) is 17.0. The van der Waals surface area contributed by atoms with Crippen LogP contribution in [0, 0.1) is 10.1 Å². The van der Waals surface area contributed by atoms with Crippen LogP contribution in [-0.2, 0) is 0 Å². The largest absolute Gasteiger partial charge is 0.294 e. The highest BCUT2D eigenvalue weighted by atomic mass is 79.9. The summed E-state index contributed by atoms with van der Waals surface area (Å²) in [7, 11) is 0. The summed E-state index contributed by atoms with van der Waals surface area (Å²) in [4.78, 5) is 23.8. The van der Waals surface area contributed by atoms with Crippen molar-refractivity contribution in [1.82, 2.24) is 0 Å². The molecule has 0 saturated carbocycles. The van der Waals surface area contributed by atoms with Crippen molar-refractivity contribution in [3.63, 3.8) is 0 Å². The van der Waals surface area contributed by atoms with E-state index in [1.807, 2.05) is 36.4 Å². The van der Waals surface area contributed by atoms with Crippen molar-refractivity contribution >= 4 is 21.7 Å². The van der Waals surface area contributed by atoms with Crippen LogP contribution in [0.1, 0.15) is 42.1 Å². The van der Waals surface area contributed by atoms with Gasteiger partial charge in [0.05, 0.1) is 5.92 Å². The molecule has 23 heavy (non-hydrogen) atoms. The molecule has 0 aliphatic heterocycles. The highest BCUT2D eigenvalue weighted by molar-refractivity contribution is 9.10. The van der Waals surface area contributed by atoms with Crippen molar-refractivity contribution in [1.29, 1.82) is 0 Å². The molecule has 0 aliphatic rings. The summed E-state index contributed by atoms with van der Waals surface area (Å²) in [5, 5.41) is 11.5. The fourth-order valence-corrected chi connectivity index (χ4v) is 2.95. The van der Waals surface area contributed by atoms with Gasteiger partial charge in [-0.25, -0.2) is 0 Å². The van der Waals surface area contributed by atoms with Crippen LogP contribution in [0.4, 0.5) is 0 Å². The Morgan fingerprint density at radius 3 is 2.39 bits per heavy atom. The molecule has 2 aromatic rings. The SMILES string of the molecule is CC(C)(C(CC(=O)c1cccc(Br)c1)c1ccccc1)[N+](=O)[O-]. The van der Waals surface area contributed by atoms with E-state index in [4.69, 9.17) is 0 Å². The maximum absolute atomic E-state index is 12.6. The molecule has 0 bridgehead atoms. The number of rotatable bonds is 6. The number of hydrogen-bond donors (Lipinski definition) is 0. The van der Waals surface area contributed by atoms with Gasteiger partial charge in [-0.05, 0) is 17.7 Å². The van der Waals surface area contributed by atoms with Crippen LogP contribution in [0.5, 0.6) is 0 Å². The first-order valence-corrected chi connectivity index (χ1v) is 8.10. The van der Waals surface area contributed by atoms with Crippen molar-refractivity contribution in [2.45, 2.75) is 31.7 Å². The van der Waals surface area contributed by atoms with E-state index in [0.29, 0.717) is 5.56 Å². The molecule has 0 heterocycles. The Kier molecular flexibility index (Phi) is 5.31. The highest BCUT2D eigenvalue weighted by Gasteiger charge is 2.42. The number of halogens is 1. The topological polar surface area (TPSA) is 60.2 Å². The second-order valence-corrected chi connectivity index (χ2v) is 6.93. The predicted molar refractivity (Wildman–Crippen MR) is 93.3 cm³/mol. The summed E-state index contributed by atoms with van der Waals surface area (Å²) >= 11 is 3.34. The molecule has 0 saturated heterocycles. The van der Waals surface area contributed by atoms with Crippen LogP contribution in [0.25, 0.3) is 0 Å². The summed E-state index contributed by atoms with van der Waals surface area (Å²) < 4.78 is 0.813. The van der Waals surface area contributed by atoms with Gasteiger partial charge in [0, 0.05) is 35.2 Å². The normalized spacial score (nSPS) is 12.7. The lowest BCUT2D eigenvalue weighted by Gasteiger charge is -2.26. The molecule has 0 N–H and O–H groups in total. The third kappa shape index (κ3) is 4.05. The van der Waals surface area contributed by atoms with Crippen LogP contribution in [0.15, 0.2) is 59.1 Å². The maximum Gasteiger partial charge on any atom is 0.223 e. The van der Waals surface area contributed by atoms with Gasteiger partial charge >= 0.3 is 0 Å². The number of carbonyl (C=O) groups excluding carboxylic acids is 1. The van der Waals surface area contributed by atoms with Gasteiger partial charge in [-0.3, -0.25) is 14.9 Å². The zero-order valence-electron chi connectivity index (χ0n) is 13.0. The second-order valence-electron chi connectivity index (χ2n) is 6.01. The number of nitro groups is 1. The van der Waals surface area contributed by atoms with Gasteiger partial charge in [0.15, 0.2) is 5.78 Å². The van der Waals surface area contributed by atoms with Gasteiger partial charge in [0.1, 0.15) is 0 Å². The Bertz CT molecular complexity index is 713. The minimum absolute atomic E-state index is 0.0917. The number of ketones is 1. The third-order valence-electron chi connectivity index (χ3n) is 4.06. The molecule has 0 radical (unpaired) electrons. The van der Waals surface area contributed by atoms with Crippen molar-refractivity contribution < 1.29 is 9.72 Å². The van der Waals surface area contributed by atoms with E-state index in [-0.39, 0.29) is 17.1 Å². The Morgan fingerprint density at radius 1 is 1.17 bits per heavy atom. The lowest BCUT2D eigenvalue weighted by Crippen LogP contribution is -2.39. The summed E-state index contributed by atoms with van der Waals surface area (Å²) in [6.07, 6.45) is 0.0917. The maximum atomic E-state index is 12.6. The van der Waals surface area contributed by atoms with E-state index in [1.165, 1.54) is 0 Å². The van der Waals surface area contributed by atoms with Crippen molar-refractivity contribution in [3.05, 3.63) is 80.3 Å². The van der Waals surface area contributed by atoms with Crippen LogP contribution < -0.4 is 0 Å². The number of Topliss-reactive ketones (excluding diaryl/α,β-unsaturated/α-hetero) is 1. The van der Waals surface area contributed by atoms with E-state index in [9.17, 15) is 14.9 Å². The molecular weight excluding hydrogens is 358 g/mol. The predicted octanol–water partition coefficient (Wildman–Crippen LogP) is 4.86. The number of benzene rings is 2. The molecule has 4 nitrogen and oxygen atoms in total. The Labute approximate surface area is 143 Å². The smallest absolute Gasteiger partial charge is 0.223 e. The molecule has 1 unspecified atom stereocenters. The summed E-state index contributed by atoms with van der Waals surface area (Å²) in [5.41, 5.74) is 0.125. The molecule has 120 valence electrons. The molecule has 2 rings (SSSR count). The van der Waals surface area contributed by atoms with E-state index < -0.39 is 11.5 Å². The van der Waals surface area contributed by atoms with Gasteiger partial charge < -0.3 is 0 Å². The van der Waals surface area contributed by atoms with Gasteiger partial charge in [-0.2, -0.15) is 0 Å². The van der Waals surface area contributed by atoms with Crippen molar-refractivity contribution in [2.24, 2.45) is 0 Å². The van der Waals surface area contributed by atoms with E-state index >= 15 is 0 Å². The molecular formula is C18H18BrNO3. The van der Waals surface area contributed by atoms with Gasteiger partial charge in [-0.15, -0.1) is 0 Å². The number of hydrogen-bond acceptors (Lipinski definition) is 3. The summed E-state index contributed by atoms with van der Waals surface area (Å²) in [6, 6.07) is 16.3. The molecule has 0 amide bonds. The fourth-order valence-electron chi connectivity index (χ4n) is 2.55. The number of carbonyl (C=O) groups is 1. The standard InChI is InChI=1S/C18H18BrNO3/c1-18(2,20(22)23)16(13-7-4-3-5-8-13)12-17(21)14-9-6-10-15(19)11-14/h3-11,16H,12H2,1-2H3. The lowest BCUT2D eigenvalue weighted by atomic mass is 9.78. The fraction of sp³-hybridized carbons (Fsp3) is 0.278.